The van der Waals surface area contributed by atoms with Crippen molar-refractivity contribution in [3.05, 3.63) is 42.0 Å². The number of rotatable bonds is 4. The zero-order chi connectivity index (χ0) is 8.65. The van der Waals surface area contributed by atoms with E-state index < -0.39 is 0 Å². The van der Waals surface area contributed by atoms with Crippen LogP contribution in [0, 0.1) is 0 Å². The van der Waals surface area contributed by atoms with Crippen LogP contribution in [0.3, 0.4) is 0 Å². The molecule has 1 N–H and O–H groups in total. The van der Waals surface area contributed by atoms with Gasteiger partial charge in [-0.25, -0.2) is 0 Å². The molecule has 0 fully saturated rings. The first-order valence-electron chi connectivity index (χ1n) is 3.91. The van der Waals surface area contributed by atoms with Crippen molar-refractivity contribution in [2.24, 2.45) is 0 Å². The molecule has 12 heavy (non-hydrogen) atoms. The molecule has 2 nitrogen and oxygen atoms in total. The zero-order valence-electron chi connectivity index (χ0n) is 7.16. The maximum atomic E-state index is 4.68. The fourth-order valence-corrected chi connectivity index (χ4v) is 0.891. The predicted molar refractivity (Wildman–Crippen MR) is 50.5 cm³/mol. The standard InChI is InChI=1S/C10H13NO/c1-12-11-9-5-8-10-6-3-2-4-7-10/h2-8,11H,9H2,1H3/b8-5+. The van der Waals surface area contributed by atoms with Crippen molar-refractivity contribution >= 4 is 6.08 Å². The lowest BCUT2D eigenvalue weighted by Gasteiger charge is -1.94. The molecule has 64 valence electrons. The Morgan fingerprint density at radius 1 is 1.33 bits per heavy atom. The Morgan fingerprint density at radius 2 is 2.08 bits per heavy atom. The average molecular weight is 163 g/mol. The highest BCUT2D eigenvalue weighted by atomic mass is 16.6. The smallest absolute Gasteiger partial charge is 0.0572 e. The van der Waals surface area contributed by atoms with Gasteiger partial charge in [0.05, 0.1) is 7.11 Å². The fourth-order valence-electron chi connectivity index (χ4n) is 0.891. The van der Waals surface area contributed by atoms with E-state index in [0.717, 1.165) is 6.54 Å². The van der Waals surface area contributed by atoms with E-state index in [-0.39, 0.29) is 0 Å². The van der Waals surface area contributed by atoms with Gasteiger partial charge in [0, 0.05) is 6.54 Å². The molecule has 0 aliphatic rings. The molecule has 0 aromatic heterocycles. The monoisotopic (exact) mass is 163 g/mol. The summed E-state index contributed by atoms with van der Waals surface area (Å²) in [5.74, 6) is 0. The van der Waals surface area contributed by atoms with E-state index in [0.29, 0.717) is 0 Å². The molecule has 0 aliphatic carbocycles. The lowest BCUT2D eigenvalue weighted by molar-refractivity contribution is 0.101. The number of hydroxylamine groups is 1. The minimum atomic E-state index is 0.728. The summed E-state index contributed by atoms with van der Waals surface area (Å²) >= 11 is 0. The van der Waals surface area contributed by atoms with Crippen LogP contribution in [-0.2, 0) is 4.84 Å². The van der Waals surface area contributed by atoms with E-state index in [1.807, 2.05) is 30.4 Å². The minimum Gasteiger partial charge on any atom is -0.305 e. The largest absolute Gasteiger partial charge is 0.305 e. The number of nitrogens with one attached hydrogen (secondary N) is 1. The van der Waals surface area contributed by atoms with E-state index in [1.165, 1.54) is 5.56 Å². The number of hydrogen-bond acceptors (Lipinski definition) is 2. The molecule has 0 atom stereocenters. The molecule has 0 unspecified atom stereocenters. The highest BCUT2D eigenvalue weighted by molar-refractivity contribution is 5.48. The first-order valence-corrected chi connectivity index (χ1v) is 3.91. The molecule has 0 heterocycles. The molecule has 1 rings (SSSR count). The third kappa shape index (κ3) is 3.32. The third-order valence-corrected chi connectivity index (χ3v) is 1.46. The minimum absolute atomic E-state index is 0.728. The second kappa shape index (κ2) is 5.52. The van der Waals surface area contributed by atoms with Crippen LogP contribution in [0.2, 0.25) is 0 Å². The lowest BCUT2D eigenvalue weighted by atomic mass is 10.2. The first kappa shape index (κ1) is 8.97. The van der Waals surface area contributed by atoms with Crippen molar-refractivity contribution in [2.75, 3.05) is 13.7 Å². The maximum absolute atomic E-state index is 4.68. The predicted octanol–water partition coefficient (Wildman–Crippen LogP) is 1.85. The highest BCUT2D eigenvalue weighted by Crippen LogP contribution is 1.99. The molecule has 0 radical (unpaired) electrons. The molecule has 0 spiro atoms. The second-order valence-corrected chi connectivity index (χ2v) is 2.37. The average Bonchev–Trinajstić information content (AvgIpc) is 2.14. The van der Waals surface area contributed by atoms with E-state index in [9.17, 15) is 0 Å². The summed E-state index contributed by atoms with van der Waals surface area (Å²) in [7, 11) is 1.61. The van der Waals surface area contributed by atoms with E-state index >= 15 is 0 Å². The van der Waals surface area contributed by atoms with Crippen molar-refractivity contribution in [3.63, 3.8) is 0 Å². The van der Waals surface area contributed by atoms with Crippen molar-refractivity contribution in [2.45, 2.75) is 0 Å². The Bertz CT molecular complexity index is 231. The fraction of sp³-hybridized carbons (Fsp3) is 0.200. The second-order valence-electron chi connectivity index (χ2n) is 2.37. The van der Waals surface area contributed by atoms with Gasteiger partial charge in [-0.1, -0.05) is 42.5 Å². The summed E-state index contributed by atoms with van der Waals surface area (Å²) in [5, 5.41) is 0. The van der Waals surface area contributed by atoms with Crippen molar-refractivity contribution < 1.29 is 4.84 Å². The Kier molecular flexibility index (Phi) is 4.13. The van der Waals surface area contributed by atoms with Crippen molar-refractivity contribution in [1.82, 2.24) is 5.48 Å². The molecular formula is C10H13NO. The van der Waals surface area contributed by atoms with Crippen LogP contribution in [0.1, 0.15) is 5.56 Å². The molecule has 1 aromatic rings. The number of hydrogen-bond donors (Lipinski definition) is 1. The van der Waals surface area contributed by atoms with E-state index in [4.69, 9.17) is 0 Å². The van der Waals surface area contributed by atoms with Crippen LogP contribution in [0.4, 0.5) is 0 Å². The maximum Gasteiger partial charge on any atom is 0.0572 e. The van der Waals surface area contributed by atoms with Crippen LogP contribution in [0.15, 0.2) is 36.4 Å². The zero-order valence-corrected chi connectivity index (χ0v) is 7.16. The van der Waals surface area contributed by atoms with Crippen LogP contribution < -0.4 is 5.48 Å². The Labute approximate surface area is 72.8 Å². The summed E-state index contributed by atoms with van der Waals surface area (Å²) in [6.45, 7) is 0.728. The summed E-state index contributed by atoms with van der Waals surface area (Å²) in [6.07, 6.45) is 4.06. The van der Waals surface area contributed by atoms with Crippen molar-refractivity contribution in [3.8, 4) is 0 Å². The van der Waals surface area contributed by atoms with Gasteiger partial charge in [0.1, 0.15) is 0 Å². The van der Waals surface area contributed by atoms with Gasteiger partial charge < -0.3 is 4.84 Å². The normalized spacial score (nSPS) is 10.8. The molecule has 0 bridgehead atoms. The molecule has 0 amide bonds. The lowest BCUT2D eigenvalue weighted by Crippen LogP contribution is -2.10. The van der Waals surface area contributed by atoms with Gasteiger partial charge in [-0.2, -0.15) is 5.48 Å². The van der Waals surface area contributed by atoms with Crippen LogP contribution in [-0.4, -0.2) is 13.7 Å². The molecular weight excluding hydrogens is 150 g/mol. The Hall–Kier alpha value is -1.12. The summed E-state index contributed by atoms with van der Waals surface area (Å²) in [4.78, 5) is 4.68. The van der Waals surface area contributed by atoms with Crippen molar-refractivity contribution in [1.29, 1.82) is 0 Å². The van der Waals surface area contributed by atoms with Gasteiger partial charge in [-0.05, 0) is 5.56 Å². The van der Waals surface area contributed by atoms with Crippen LogP contribution in [0.5, 0.6) is 0 Å². The summed E-state index contributed by atoms with van der Waals surface area (Å²) in [5.41, 5.74) is 3.94. The molecule has 0 aliphatic heterocycles. The van der Waals surface area contributed by atoms with E-state index in [2.05, 4.69) is 22.5 Å². The van der Waals surface area contributed by atoms with Gasteiger partial charge in [-0.3, -0.25) is 0 Å². The van der Waals surface area contributed by atoms with Crippen LogP contribution >= 0.6 is 0 Å². The molecule has 1 aromatic carbocycles. The topological polar surface area (TPSA) is 21.3 Å². The SMILES string of the molecule is CONC/C=C/c1ccccc1. The molecule has 0 saturated carbocycles. The summed E-state index contributed by atoms with van der Waals surface area (Å²) < 4.78 is 0. The van der Waals surface area contributed by atoms with Gasteiger partial charge in [0.2, 0.25) is 0 Å². The summed E-state index contributed by atoms with van der Waals surface area (Å²) in [6, 6.07) is 10.2. The van der Waals surface area contributed by atoms with Gasteiger partial charge in [0.25, 0.3) is 0 Å². The third-order valence-electron chi connectivity index (χ3n) is 1.46. The van der Waals surface area contributed by atoms with Gasteiger partial charge >= 0.3 is 0 Å². The first-order chi connectivity index (χ1) is 5.93. The molecule has 0 saturated heterocycles. The van der Waals surface area contributed by atoms with Crippen LogP contribution in [0.25, 0.3) is 6.08 Å². The van der Waals surface area contributed by atoms with Gasteiger partial charge in [-0.15, -0.1) is 0 Å². The highest BCUT2D eigenvalue weighted by Gasteiger charge is 1.81. The number of benzene rings is 1. The van der Waals surface area contributed by atoms with Gasteiger partial charge in [0.15, 0.2) is 0 Å². The Balaban J connectivity index is 2.36. The molecule has 2 heteroatoms. The quantitative estimate of drug-likeness (QED) is 0.540. The Morgan fingerprint density at radius 3 is 2.75 bits per heavy atom. The van der Waals surface area contributed by atoms with E-state index in [1.54, 1.807) is 7.11 Å².